The second kappa shape index (κ2) is 5.15. The average molecular weight is 274 g/mol. The molecule has 2 N–H and O–H groups in total. The number of nitrogens with zero attached hydrogens (tertiary/aromatic N) is 1. The third-order valence-electron chi connectivity index (χ3n) is 4.26. The maximum atomic E-state index is 12.2. The van der Waals surface area contributed by atoms with E-state index in [1.165, 1.54) is 11.1 Å². The Bertz CT molecular complexity index is 544. The number of aryl methyl sites for hydroxylation is 1. The lowest BCUT2D eigenvalue weighted by molar-refractivity contribution is -0.141. The number of hydrogen-bond donors (Lipinski definition) is 2. The van der Waals surface area contributed by atoms with Gasteiger partial charge in [0.25, 0.3) is 0 Å². The fourth-order valence-electron chi connectivity index (χ4n) is 3.09. The van der Waals surface area contributed by atoms with Gasteiger partial charge in [-0.05, 0) is 30.4 Å². The molecule has 0 bridgehead atoms. The highest BCUT2D eigenvalue weighted by Gasteiger charge is 2.32. The number of nitrogens with one attached hydrogen (secondary N) is 1. The molecule has 0 spiro atoms. The number of rotatable bonds is 2. The van der Waals surface area contributed by atoms with E-state index in [9.17, 15) is 9.59 Å². The summed E-state index contributed by atoms with van der Waals surface area (Å²) in [5.41, 5.74) is 2.48. The highest BCUT2D eigenvalue weighted by molar-refractivity contribution is 5.77. The molecule has 1 saturated heterocycles. The minimum Gasteiger partial charge on any atom is -0.481 e. The van der Waals surface area contributed by atoms with Crippen LogP contribution in [0.4, 0.5) is 4.79 Å². The Morgan fingerprint density at radius 3 is 2.80 bits per heavy atom. The number of hydrogen-bond acceptors (Lipinski definition) is 2. The molecule has 5 heteroatoms. The van der Waals surface area contributed by atoms with Crippen molar-refractivity contribution >= 4 is 12.0 Å². The number of carboxylic acid groups (broad SMARTS) is 1. The number of carbonyl (C=O) groups is 2. The van der Waals surface area contributed by atoms with E-state index in [1.807, 2.05) is 12.1 Å². The van der Waals surface area contributed by atoms with Crippen LogP contribution in [0, 0.1) is 5.92 Å². The topological polar surface area (TPSA) is 69.6 Å². The predicted molar refractivity (Wildman–Crippen MR) is 73.4 cm³/mol. The fraction of sp³-hybridized carbons (Fsp3) is 0.467. The van der Waals surface area contributed by atoms with Gasteiger partial charge in [-0.25, -0.2) is 4.79 Å². The van der Waals surface area contributed by atoms with Gasteiger partial charge in [0.15, 0.2) is 0 Å². The molecule has 1 fully saturated rings. The molecule has 1 aromatic carbocycles. The van der Waals surface area contributed by atoms with Crippen LogP contribution in [0.25, 0.3) is 0 Å². The van der Waals surface area contributed by atoms with Gasteiger partial charge in [-0.2, -0.15) is 0 Å². The molecular weight excluding hydrogens is 256 g/mol. The second-order valence-electron chi connectivity index (χ2n) is 5.51. The molecule has 2 atom stereocenters. The normalized spacial score (nSPS) is 24.5. The van der Waals surface area contributed by atoms with Crippen molar-refractivity contribution in [1.29, 1.82) is 0 Å². The van der Waals surface area contributed by atoms with Gasteiger partial charge in [0.05, 0.1) is 12.0 Å². The van der Waals surface area contributed by atoms with E-state index in [2.05, 4.69) is 17.4 Å². The number of urea groups is 1. The molecular formula is C15H18N2O3. The first-order valence-electron chi connectivity index (χ1n) is 7.01. The van der Waals surface area contributed by atoms with Gasteiger partial charge in [0, 0.05) is 13.1 Å². The van der Waals surface area contributed by atoms with E-state index in [-0.39, 0.29) is 12.1 Å². The molecule has 2 unspecified atom stereocenters. The highest BCUT2D eigenvalue weighted by Crippen LogP contribution is 2.31. The summed E-state index contributed by atoms with van der Waals surface area (Å²) in [6, 6.07) is 8.06. The minimum atomic E-state index is -0.813. The Labute approximate surface area is 117 Å². The van der Waals surface area contributed by atoms with Crippen molar-refractivity contribution in [2.45, 2.75) is 25.3 Å². The van der Waals surface area contributed by atoms with E-state index in [4.69, 9.17) is 5.11 Å². The van der Waals surface area contributed by atoms with E-state index >= 15 is 0 Å². The van der Waals surface area contributed by atoms with Crippen LogP contribution in [0.3, 0.4) is 0 Å². The van der Waals surface area contributed by atoms with Crippen molar-refractivity contribution in [1.82, 2.24) is 10.2 Å². The second-order valence-corrected chi connectivity index (χ2v) is 5.51. The van der Waals surface area contributed by atoms with Crippen LogP contribution >= 0.6 is 0 Å². The van der Waals surface area contributed by atoms with E-state index in [0.717, 1.165) is 12.8 Å². The maximum Gasteiger partial charge on any atom is 0.317 e. The molecule has 1 heterocycles. The first-order valence-corrected chi connectivity index (χ1v) is 7.01. The molecule has 1 aliphatic carbocycles. The summed E-state index contributed by atoms with van der Waals surface area (Å²) >= 11 is 0. The van der Waals surface area contributed by atoms with E-state index in [1.54, 1.807) is 4.90 Å². The molecule has 1 aliphatic heterocycles. The lowest BCUT2D eigenvalue weighted by atomic mass is 10.1. The van der Waals surface area contributed by atoms with Crippen LogP contribution in [0.15, 0.2) is 24.3 Å². The summed E-state index contributed by atoms with van der Waals surface area (Å²) < 4.78 is 0. The Morgan fingerprint density at radius 2 is 2.05 bits per heavy atom. The summed E-state index contributed by atoms with van der Waals surface area (Å²) in [4.78, 5) is 24.7. The van der Waals surface area contributed by atoms with Crippen molar-refractivity contribution in [3.8, 4) is 0 Å². The lowest BCUT2D eigenvalue weighted by Gasteiger charge is -2.21. The van der Waals surface area contributed by atoms with Gasteiger partial charge < -0.3 is 15.3 Å². The van der Waals surface area contributed by atoms with Crippen LogP contribution in [0.1, 0.15) is 30.0 Å². The number of aliphatic carboxylic acids is 1. The predicted octanol–water partition coefficient (Wildman–Crippen LogP) is 1.79. The minimum absolute atomic E-state index is 0.0579. The summed E-state index contributed by atoms with van der Waals surface area (Å²) in [5, 5.41) is 12.0. The number of carboxylic acids is 1. The van der Waals surface area contributed by atoms with Gasteiger partial charge in [-0.1, -0.05) is 24.3 Å². The first kappa shape index (κ1) is 13.0. The number of benzene rings is 1. The Morgan fingerprint density at radius 1 is 1.25 bits per heavy atom. The van der Waals surface area contributed by atoms with Crippen molar-refractivity contribution < 1.29 is 14.7 Å². The Balaban J connectivity index is 1.62. The highest BCUT2D eigenvalue weighted by atomic mass is 16.4. The summed E-state index contributed by atoms with van der Waals surface area (Å²) in [6.45, 7) is 0.840. The zero-order chi connectivity index (χ0) is 14.1. The van der Waals surface area contributed by atoms with Crippen LogP contribution in [-0.4, -0.2) is 35.1 Å². The van der Waals surface area contributed by atoms with Gasteiger partial charge in [0.1, 0.15) is 0 Å². The first-order chi connectivity index (χ1) is 9.65. The molecule has 3 rings (SSSR count). The largest absolute Gasteiger partial charge is 0.481 e. The summed E-state index contributed by atoms with van der Waals surface area (Å²) in [6.07, 6.45) is 2.45. The molecule has 20 heavy (non-hydrogen) atoms. The molecule has 1 aromatic rings. The third-order valence-corrected chi connectivity index (χ3v) is 4.26. The number of carbonyl (C=O) groups excluding carboxylic acids is 1. The monoisotopic (exact) mass is 274 g/mol. The average Bonchev–Trinajstić information content (AvgIpc) is 3.06. The van der Waals surface area contributed by atoms with Gasteiger partial charge in [-0.3, -0.25) is 4.79 Å². The molecule has 106 valence electrons. The van der Waals surface area contributed by atoms with Gasteiger partial charge in [0.2, 0.25) is 0 Å². The maximum absolute atomic E-state index is 12.2. The van der Waals surface area contributed by atoms with Crippen LogP contribution in [0.2, 0.25) is 0 Å². The van der Waals surface area contributed by atoms with Crippen molar-refractivity contribution in [3.63, 3.8) is 0 Å². The number of likely N-dealkylation sites (tertiary alicyclic amines) is 1. The van der Waals surface area contributed by atoms with Crippen LogP contribution < -0.4 is 5.32 Å². The molecule has 0 saturated carbocycles. The van der Waals surface area contributed by atoms with Crippen LogP contribution in [-0.2, 0) is 11.2 Å². The summed E-state index contributed by atoms with van der Waals surface area (Å²) in [5.74, 6) is -1.23. The smallest absolute Gasteiger partial charge is 0.317 e. The zero-order valence-corrected chi connectivity index (χ0v) is 11.2. The van der Waals surface area contributed by atoms with Gasteiger partial charge in [-0.15, -0.1) is 0 Å². The number of amides is 2. The molecule has 2 aliphatic rings. The zero-order valence-electron chi connectivity index (χ0n) is 11.2. The Kier molecular flexibility index (Phi) is 3.34. The van der Waals surface area contributed by atoms with Gasteiger partial charge >= 0.3 is 12.0 Å². The molecule has 5 nitrogen and oxygen atoms in total. The third kappa shape index (κ3) is 2.35. The standard InChI is InChI=1S/C15H18N2O3/c18-14(19)11-7-8-17(9-11)15(20)16-13-6-5-10-3-1-2-4-12(10)13/h1-4,11,13H,5-9H2,(H,16,20)(H,18,19). The fourth-order valence-corrected chi connectivity index (χ4v) is 3.09. The molecule has 0 aromatic heterocycles. The van der Waals surface area contributed by atoms with E-state index in [0.29, 0.717) is 19.5 Å². The van der Waals surface area contributed by atoms with Crippen molar-refractivity contribution in [2.24, 2.45) is 5.92 Å². The molecule has 2 amide bonds. The number of fused-ring (bicyclic) bond motifs is 1. The van der Waals surface area contributed by atoms with E-state index < -0.39 is 11.9 Å². The SMILES string of the molecule is O=C(O)C1CCN(C(=O)NC2CCc3ccccc32)C1. The van der Waals surface area contributed by atoms with Crippen molar-refractivity contribution in [3.05, 3.63) is 35.4 Å². The molecule has 0 radical (unpaired) electrons. The summed E-state index contributed by atoms with van der Waals surface area (Å²) in [7, 11) is 0. The lowest BCUT2D eigenvalue weighted by Crippen LogP contribution is -2.40. The quantitative estimate of drug-likeness (QED) is 0.863. The Hall–Kier alpha value is -2.04. The van der Waals surface area contributed by atoms with Crippen LogP contribution in [0.5, 0.6) is 0 Å². The van der Waals surface area contributed by atoms with Crippen molar-refractivity contribution in [2.75, 3.05) is 13.1 Å².